The van der Waals surface area contributed by atoms with E-state index >= 15 is 0 Å². The third kappa shape index (κ3) is 2.45. The summed E-state index contributed by atoms with van der Waals surface area (Å²) in [7, 11) is 1.64. The van der Waals surface area contributed by atoms with Crippen LogP contribution in [0, 0.1) is 5.41 Å². The number of halogens is 1. The molecule has 1 saturated carbocycles. The van der Waals surface area contributed by atoms with Crippen molar-refractivity contribution >= 4 is 23.5 Å². The van der Waals surface area contributed by atoms with Crippen molar-refractivity contribution in [3.8, 4) is 0 Å². The van der Waals surface area contributed by atoms with Crippen molar-refractivity contribution in [3.05, 3.63) is 34.9 Å². The molecule has 4 nitrogen and oxygen atoms in total. The van der Waals surface area contributed by atoms with E-state index in [4.69, 9.17) is 16.7 Å². The molecule has 0 aliphatic heterocycles. The van der Waals surface area contributed by atoms with Crippen LogP contribution in [0.3, 0.4) is 0 Å². The molecule has 0 aromatic heterocycles. The molecule has 1 aromatic rings. The van der Waals surface area contributed by atoms with E-state index in [1.807, 2.05) is 19.1 Å². The molecule has 0 saturated heterocycles. The quantitative estimate of drug-likeness (QED) is 0.863. The lowest BCUT2D eigenvalue weighted by molar-refractivity contribution is -0.153. The van der Waals surface area contributed by atoms with Crippen LogP contribution >= 0.6 is 11.6 Å². The molecule has 1 aliphatic rings. The Balaban J connectivity index is 2.18. The molecule has 1 atom stereocenters. The highest BCUT2D eigenvalue weighted by atomic mass is 35.5. The fraction of sp³-hybridized carbons (Fsp3) is 0.429. The topological polar surface area (TPSA) is 57.6 Å². The number of benzene rings is 1. The average molecular weight is 282 g/mol. The summed E-state index contributed by atoms with van der Waals surface area (Å²) in [5.41, 5.74) is -0.300. The standard InChI is InChI=1S/C14H16ClNO3/c1-9(10-4-3-5-11(15)8-10)16(2)12(17)14(6-7-14)13(18)19/h3-5,8-9H,6-7H2,1-2H3,(H,18,19). The first-order valence-corrected chi connectivity index (χ1v) is 6.52. The molecule has 1 aliphatic carbocycles. The van der Waals surface area contributed by atoms with Crippen molar-refractivity contribution in [1.82, 2.24) is 4.90 Å². The van der Waals surface area contributed by atoms with Crippen LogP contribution in [-0.2, 0) is 9.59 Å². The van der Waals surface area contributed by atoms with Gasteiger partial charge >= 0.3 is 5.97 Å². The number of carbonyl (C=O) groups excluding carboxylic acids is 1. The van der Waals surface area contributed by atoms with Gasteiger partial charge in [0.1, 0.15) is 5.41 Å². The highest BCUT2D eigenvalue weighted by molar-refractivity contribution is 6.30. The molecular weight excluding hydrogens is 266 g/mol. The number of rotatable bonds is 4. The zero-order chi connectivity index (χ0) is 14.2. The third-order valence-electron chi connectivity index (χ3n) is 3.80. The second kappa shape index (κ2) is 4.85. The molecule has 102 valence electrons. The van der Waals surface area contributed by atoms with E-state index in [0.29, 0.717) is 17.9 Å². The number of carboxylic acid groups (broad SMARTS) is 1. The Morgan fingerprint density at radius 1 is 1.42 bits per heavy atom. The molecule has 5 heteroatoms. The average Bonchev–Trinajstić information content (AvgIpc) is 3.17. The monoisotopic (exact) mass is 281 g/mol. The van der Waals surface area contributed by atoms with Crippen molar-refractivity contribution in [2.24, 2.45) is 5.41 Å². The van der Waals surface area contributed by atoms with Gasteiger partial charge in [0.15, 0.2) is 0 Å². The Morgan fingerprint density at radius 3 is 2.53 bits per heavy atom. The van der Waals surface area contributed by atoms with Crippen molar-refractivity contribution < 1.29 is 14.7 Å². The van der Waals surface area contributed by atoms with Gasteiger partial charge in [-0.05, 0) is 37.5 Å². The Morgan fingerprint density at radius 2 is 2.05 bits per heavy atom. The van der Waals surface area contributed by atoms with E-state index in [9.17, 15) is 9.59 Å². The van der Waals surface area contributed by atoms with Crippen molar-refractivity contribution in [3.63, 3.8) is 0 Å². The minimum absolute atomic E-state index is 0.206. The summed E-state index contributed by atoms with van der Waals surface area (Å²) in [5, 5.41) is 9.75. The van der Waals surface area contributed by atoms with E-state index in [-0.39, 0.29) is 11.9 Å². The largest absolute Gasteiger partial charge is 0.480 e. The zero-order valence-electron chi connectivity index (χ0n) is 10.9. The molecule has 1 aromatic carbocycles. The van der Waals surface area contributed by atoms with E-state index in [1.54, 1.807) is 19.2 Å². The van der Waals surface area contributed by atoms with Crippen LogP contribution in [0.1, 0.15) is 31.4 Å². The summed E-state index contributed by atoms with van der Waals surface area (Å²) >= 11 is 5.93. The normalized spacial score (nSPS) is 17.6. The fourth-order valence-electron chi connectivity index (χ4n) is 2.15. The van der Waals surface area contributed by atoms with E-state index in [0.717, 1.165) is 5.56 Å². The summed E-state index contributed by atoms with van der Waals surface area (Å²) in [6.07, 6.45) is 0.849. The second-order valence-corrected chi connectivity index (χ2v) is 5.47. The van der Waals surface area contributed by atoms with E-state index in [1.165, 1.54) is 4.90 Å². The molecule has 1 unspecified atom stereocenters. The number of nitrogens with zero attached hydrogens (tertiary/aromatic N) is 1. The molecule has 1 N–H and O–H groups in total. The van der Waals surface area contributed by atoms with Crippen LogP contribution in [0.2, 0.25) is 5.02 Å². The molecule has 0 radical (unpaired) electrons. The molecule has 0 spiro atoms. The van der Waals surface area contributed by atoms with E-state index in [2.05, 4.69) is 0 Å². The first-order valence-electron chi connectivity index (χ1n) is 6.14. The Labute approximate surface area is 117 Å². The first kappa shape index (κ1) is 13.9. The molecule has 19 heavy (non-hydrogen) atoms. The van der Waals surface area contributed by atoms with Gasteiger partial charge < -0.3 is 10.0 Å². The zero-order valence-corrected chi connectivity index (χ0v) is 11.6. The number of carbonyl (C=O) groups is 2. The fourth-order valence-corrected chi connectivity index (χ4v) is 2.35. The predicted octanol–water partition coefficient (Wildman–Crippen LogP) is 2.72. The number of hydrogen-bond acceptors (Lipinski definition) is 2. The van der Waals surface area contributed by atoms with Crippen LogP contribution in [0.4, 0.5) is 0 Å². The summed E-state index contributed by atoms with van der Waals surface area (Å²) in [6, 6.07) is 7.04. The van der Waals surface area contributed by atoms with Gasteiger partial charge in [-0.25, -0.2) is 0 Å². The first-order chi connectivity index (χ1) is 8.88. The SMILES string of the molecule is CC(c1cccc(Cl)c1)N(C)C(=O)C1(C(=O)O)CC1. The number of aliphatic carboxylic acids is 1. The summed E-state index contributed by atoms with van der Waals surface area (Å²) in [4.78, 5) is 24.9. The number of carboxylic acids is 1. The molecular formula is C14H16ClNO3. The lowest BCUT2D eigenvalue weighted by Gasteiger charge is -2.28. The maximum Gasteiger partial charge on any atom is 0.319 e. The third-order valence-corrected chi connectivity index (χ3v) is 4.04. The highest BCUT2D eigenvalue weighted by Gasteiger charge is 2.58. The Bertz CT molecular complexity index is 525. The van der Waals surface area contributed by atoms with Crippen LogP contribution in [0.15, 0.2) is 24.3 Å². The lowest BCUT2D eigenvalue weighted by Crippen LogP contribution is -2.39. The van der Waals surface area contributed by atoms with Gasteiger partial charge in [0.25, 0.3) is 0 Å². The van der Waals surface area contributed by atoms with Gasteiger partial charge in [0.2, 0.25) is 5.91 Å². The van der Waals surface area contributed by atoms with Crippen LogP contribution in [0.25, 0.3) is 0 Å². The minimum Gasteiger partial charge on any atom is -0.480 e. The molecule has 1 fully saturated rings. The molecule has 1 amide bonds. The molecule has 0 bridgehead atoms. The van der Waals surface area contributed by atoms with Gasteiger partial charge in [-0.2, -0.15) is 0 Å². The van der Waals surface area contributed by atoms with Crippen LogP contribution in [-0.4, -0.2) is 28.9 Å². The van der Waals surface area contributed by atoms with Gasteiger partial charge in [-0.3, -0.25) is 9.59 Å². The summed E-state index contributed by atoms with van der Waals surface area (Å²) in [5.74, 6) is -1.35. The minimum atomic E-state index is -1.19. The molecule has 0 heterocycles. The van der Waals surface area contributed by atoms with Crippen LogP contribution in [0.5, 0.6) is 0 Å². The van der Waals surface area contributed by atoms with Crippen molar-refractivity contribution in [2.45, 2.75) is 25.8 Å². The maximum absolute atomic E-state index is 12.3. The Kier molecular flexibility index (Phi) is 3.54. The van der Waals surface area contributed by atoms with Gasteiger partial charge in [0.05, 0.1) is 6.04 Å². The highest BCUT2D eigenvalue weighted by Crippen LogP contribution is 2.48. The molecule has 2 rings (SSSR count). The van der Waals surface area contributed by atoms with Crippen molar-refractivity contribution in [1.29, 1.82) is 0 Å². The van der Waals surface area contributed by atoms with Gasteiger partial charge in [-0.15, -0.1) is 0 Å². The summed E-state index contributed by atoms with van der Waals surface area (Å²) in [6.45, 7) is 1.86. The number of hydrogen-bond donors (Lipinski definition) is 1. The smallest absolute Gasteiger partial charge is 0.319 e. The van der Waals surface area contributed by atoms with Crippen LogP contribution < -0.4 is 0 Å². The van der Waals surface area contributed by atoms with Gasteiger partial charge in [-0.1, -0.05) is 23.7 Å². The Hall–Kier alpha value is -1.55. The van der Waals surface area contributed by atoms with Gasteiger partial charge in [0, 0.05) is 12.1 Å². The number of amides is 1. The van der Waals surface area contributed by atoms with Crippen molar-refractivity contribution in [2.75, 3.05) is 7.05 Å². The maximum atomic E-state index is 12.3. The van der Waals surface area contributed by atoms with E-state index < -0.39 is 11.4 Å². The lowest BCUT2D eigenvalue weighted by atomic mass is 10.0. The second-order valence-electron chi connectivity index (χ2n) is 5.03. The summed E-state index contributed by atoms with van der Waals surface area (Å²) < 4.78 is 0. The predicted molar refractivity (Wildman–Crippen MR) is 71.9 cm³/mol.